The fourth-order valence-corrected chi connectivity index (χ4v) is 3.78. The number of nitrogens with zero attached hydrogens (tertiary/aromatic N) is 2. The lowest BCUT2D eigenvalue weighted by atomic mass is 10.2. The van der Waals surface area contributed by atoms with Crippen molar-refractivity contribution in [2.45, 2.75) is 27.0 Å². The summed E-state index contributed by atoms with van der Waals surface area (Å²) in [5.41, 5.74) is 2.06. The molecule has 3 aromatic heterocycles. The van der Waals surface area contributed by atoms with E-state index in [0.717, 1.165) is 21.9 Å². The van der Waals surface area contributed by atoms with Crippen LogP contribution in [0.25, 0.3) is 10.2 Å². The summed E-state index contributed by atoms with van der Waals surface area (Å²) in [4.78, 5) is 32.3. The van der Waals surface area contributed by atoms with Crippen molar-refractivity contribution in [2.24, 2.45) is 0 Å². The first kappa shape index (κ1) is 18.9. The van der Waals surface area contributed by atoms with Crippen molar-refractivity contribution < 1.29 is 14.1 Å². The third-order valence-electron chi connectivity index (χ3n) is 4.49. The molecule has 2 N–H and O–H groups in total. The maximum absolute atomic E-state index is 12.4. The number of ether oxygens (including phenoxy) is 1. The van der Waals surface area contributed by atoms with E-state index in [1.165, 1.54) is 17.7 Å². The van der Waals surface area contributed by atoms with Crippen LogP contribution in [0.1, 0.15) is 32.3 Å². The van der Waals surface area contributed by atoms with Crippen molar-refractivity contribution in [1.29, 1.82) is 0 Å². The van der Waals surface area contributed by atoms with Gasteiger partial charge in [0.15, 0.2) is 0 Å². The van der Waals surface area contributed by atoms with Gasteiger partial charge in [-0.2, -0.15) is 0 Å². The Morgan fingerprint density at radius 3 is 2.76 bits per heavy atom. The van der Waals surface area contributed by atoms with Crippen molar-refractivity contribution in [1.82, 2.24) is 20.4 Å². The second-order valence-corrected chi connectivity index (χ2v) is 7.58. The van der Waals surface area contributed by atoms with Crippen LogP contribution in [0, 0.1) is 13.8 Å². The molecule has 0 fully saturated rings. The summed E-state index contributed by atoms with van der Waals surface area (Å²) in [7, 11) is 0. The molecule has 1 amide bonds. The van der Waals surface area contributed by atoms with Crippen molar-refractivity contribution >= 4 is 27.5 Å². The van der Waals surface area contributed by atoms with Gasteiger partial charge in [-0.1, -0.05) is 5.16 Å². The number of thiophene rings is 1. The first-order valence-corrected chi connectivity index (χ1v) is 9.72. The minimum Gasteiger partial charge on any atom is -0.489 e. The highest BCUT2D eigenvalue weighted by Crippen LogP contribution is 2.21. The van der Waals surface area contributed by atoms with Gasteiger partial charge in [0.25, 0.3) is 11.5 Å². The zero-order valence-electron chi connectivity index (χ0n) is 15.8. The average Bonchev–Trinajstić information content (AvgIpc) is 3.29. The SMILES string of the molecule is Cc1noc(C)c1COc1ccc(C(=O)NCc2cc3c(=O)[nH]cnc3s2)cc1. The summed E-state index contributed by atoms with van der Waals surface area (Å²) in [5.74, 6) is 1.18. The molecule has 0 aliphatic carbocycles. The van der Waals surface area contributed by atoms with Crippen LogP contribution in [0.2, 0.25) is 0 Å². The van der Waals surface area contributed by atoms with E-state index < -0.39 is 0 Å². The number of benzene rings is 1. The minimum absolute atomic E-state index is 0.184. The summed E-state index contributed by atoms with van der Waals surface area (Å²) in [5, 5.41) is 7.28. The monoisotopic (exact) mass is 410 g/mol. The number of carbonyl (C=O) groups is 1. The largest absolute Gasteiger partial charge is 0.489 e. The van der Waals surface area contributed by atoms with E-state index >= 15 is 0 Å². The summed E-state index contributed by atoms with van der Waals surface area (Å²) in [6.45, 7) is 4.38. The summed E-state index contributed by atoms with van der Waals surface area (Å²) < 4.78 is 10.9. The molecular formula is C20H18N4O4S. The van der Waals surface area contributed by atoms with Crippen molar-refractivity contribution in [3.63, 3.8) is 0 Å². The molecule has 0 saturated heterocycles. The van der Waals surface area contributed by atoms with Gasteiger partial charge >= 0.3 is 0 Å². The van der Waals surface area contributed by atoms with Crippen LogP contribution >= 0.6 is 11.3 Å². The van der Waals surface area contributed by atoms with Gasteiger partial charge in [-0.25, -0.2) is 4.98 Å². The van der Waals surface area contributed by atoms with Crippen LogP contribution < -0.4 is 15.6 Å². The van der Waals surface area contributed by atoms with Crippen LogP contribution in [0.4, 0.5) is 0 Å². The molecule has 0 radical (unpaired) electrons. The lowest BCUT2D eigenvalue weighted by molar-refractivity contribution is 0.0951. The molecule has 0 aliphatic heterocycles. The first-order valence-electron chi connectivity index (χ1n) is 8.90. The zero-order chi connectivity index (χ0) is 20.4. The fourth-order valence-electron chi connectivity index (χ4n) is 2.84. The predicted molar refractivity (Wildman–Crippen MR) is 108 cm³/mol. The molecule has 4 rings (SSSR count). The number of fused-ring (bicyclic) bond motifs is 1. The van der Waals surface area contributed by atoms with Gasteiger partial charge in [0.1, 0.15) is 22.9 Å². The molecule has 8 nitrogen and oxygen atoms in total. The Morgan fingerprint density at radius 1 is 1.28 bits per heavy atom. The molecule has 0 bridgehead atoms. The van der Waals surface area contributed by atoms with Crippen LogP contribution in [-0.4, -0.2) is 21.0 Å². The highest BCUT2D eigenvalue weighted by Gasteiger charge is 2.11. The number of rotatable bonds is 6. The van der Waals surface area contributed by atoms with E-state index in [9.17, 15) is 9.59 Å². The minimum atomic E-state index is -0.207. The highest BCUT2D eigenvalue weighted by molar-refractivity contribution is 7.18. The first-order chi connectivity index (χ1) is 14.0. The number of aromatic nitrogens is 3. The molecule has 0 atom stereocenters. The van der Waals surface area contributed by atoms with Crippen LogP contribution in [0.5, 0.6) is 5.75 Å². The maximum atomic E-state index is 12.4. The molecule has 29 heavy (non-hydrogen) atoms. The number of aryl methyl sites for hydroxylation is 2. The van der Waals surface area contributed by atoms with Crippen LogP contribution in [-0.2, 0) is 13.2 Å². The highest BCUT2D eigenvalue weighted by atomic mass is 32.1. The lowest BCUT2D eigenvalue weighted by Gasteiger charge is -2.07. The van der Waals surface area contributed by atoms with Crippen molar-refractivity contribution in [3.05, 3.63) is 74.5 Å². The number of hydrogen-bond acceptors (Lipinski definition) is 7. The third kappa shape index (κ3) is 4.04. The Kier molecular flexibility index (Phi) is 5.13. The number of nitrogens with one attached hydrogen (secondary N) is 2. The van der Waals surface area contributed by atoms with Gasteiger partial charge in [-0.05, 0) is 44.2 Å². The van der Waals surface area contributed by atoms with E-state index in [-0.39, 0.29) is 11.5 Å². The number of hydrogen-bond donors (Lipinski definition) is 2. The van der Waals surface area contributed by atoms with Crippen molar-refractivity contribution in [2.75, 3.05) is 0 Å². The quantitative estimate of drug-likeness (QED) is 0.505. The smallest absolute Gasteiger partial charge is 0.259 e. The molecule has 148 valence electrons. The fraction of sp³-hybridized carbons (Fsp3) is 0.200. The van der Waals surface area contributed by atoms with Gasteiger partial charge < -0.3 is 19.6 Å². The number of carbonyl (C=O) groups excluding carboxylic acids is 1. The van der Waals surface area contributed by atoms with Crippen LogP contribution in [0.15, 0.2) is 46.0 Å². The van der Waals surface area contributed by atoms with Gasteiger partial charge in [0, 0.05) is 10.4 Å². The molecule has 0 spiro atoms. The maximum Gasteiger partial charge on any atom is 0.259 e. The summed E-state index contributed by atoms with van der Waals surface area (Å²) in [6.07, 6.45) is 1.37. The van der Waals surface area contributed by atoms with E-state index in [1.807, 2.05) is 13.8 Å². The Bertz CT molecular complexity index is 1200. The molecule has 3 heterocycles. The molecule has 1 aromatic carbocycles. The van der Waals surface area contributed by atoms with Gasteiger partial charge in [-0.3, -0.25) is 9.59 Å². The van der Waals surface area contributed by atoms with Crippen LogP contribution in [0.3, 0.4) is 0 Å². The average molecular weight is 410 g/mol. The third-order valence-corrected chi connectivity index (χ3v) is 5.53. The Morgan fingerprint density at radius 2 is 2.07 bits per heavy atom. The number of H-pyrrole nitrogens is 1. The molecule has 4 aromatic rings. The van der Waals surface area contributed by atoms with Gasteiger partial charge in [0.2, 0.25) is 0 Å². The Balaban J connectivity index is 1.36. The molecular weight excluding hydrogens is 392 g/mol. The Hall–Kier alpha value is -3.46. The molecule has 9 heteroatoms. The van der Waals surface area contributed by atoms with E-state index in [0.29, 0.717) is 34.7 Å². The summed E-state index contributed by atoms with van der Waals surface area (Å²) >= 11 is 1.38. The molecule has 0 saturated carbocycles. The number of amides is 1. The second kappa shape index (κ2) is 7.88. The zero-order valence-corrected chi connectivity index (χ0v) is 16.6. The number of aromatic amines is 1. The summed E-state index contributed by atoms with van der Waals surface area (Å²) in [6, 6.07) is 8.65. The van der Waals surface area contributed by atoms with Crippen molar-refractivity contribution in [3.8, 4) is 5.75 Å². The predicted octanol–water partition coefficient (Wildman–Crippen LogP) is 3.10. The standard InChI is InChI=1S/C20H18N4O4S/c1-11-17(12(2)28-24-11)9-27-14-5-3-13(4-6-14)18(25)21-8-15-7-16-19(26)22-10-23-20(16)29-15/h3-7,10H,8-9H2,1-2H3,(H,21,25)(H,22,23,26). The van der Waals surface area contributed by atoms with E-state index in [1.54, 1.807) is 30.3 Å². The topological polar surface area (TPSA) is 110 Å². The molecule has 0 aliphatic rings. The lowest BCUT2D eigenvalue weighted by Crippen LogP contribution is -2.22. The molecule has 0 unspecified atom stereocenters. The Labute approximate surface area is 169 Å². The van der Waals surface area contributed by atoms with Gasteiger partial charge in [0.05, 0.1) is 29.5 Å². The second-order valence-electron chi connectivity index (χ2n) is 6.46. The normalized spacial score (nSPS) is 11.0. The van der Waals surface area contributed by atoms with Gasteiger partial charge in [-0.15, -0.1) is 11.3 Å². The van der Waals surface area contributed by atoms with E-state index in [2.05, 4.69) is 20.4 Å². The van der Waals surface area contributed by atoms with E-state index in [4.69, 9.17) is 9.26 Å².